The van der Waals surface area contributed by atoms with Crippen LogP contribution in [0.25, 0.3) is 0 Å². The van der Waals surface area contributed by atoms with Crippen LogP contribution in [0, 0.1) is 23.3 Å². The molecule has 0 spiro atoms. The van der Waals surface area contributed by atoms with E-state index in [0.29, 0.717) is 19.0 Å². The van der Waals surface area contributed by atoms with Crippen LogP contribution in [0.15, 0.2) is 0 Å². The second-order valence-electron chi connectivity index (χ2n) is 6.54. The number of carbonyl (C=O) groups excluding carboxylic acids is 2. The van der Waals surface area contributed by atoms with Crippen LogP contribution in [0.4, 0.5) is 4.79 Å². The van der Waals surface area contributed by atoms with Gasteiger partial charge in [0.15, 0.2) is 6.19 Å². The van der Waals surface area contributed by atoms with E-state index in [1.165, 1.54) is 26.3 Å². The van der Waals surface area contributed by atoms with Crippen molar-refractivity contribution in [2.45, 2.75) is 43.8 Å². The number of nitrogens with two attached hydrogens (primary N) is 1. The molecule has 0 aromatic heterocycles. The SMILES string of the molecule is CN(C#N)C(=O)[C@H](CC1CCCCC1)C1CN(C(N)=O)CCS1. The Labute approximate surface area is 142 Å². The number of thioether (sulfide) groups is 1. The first-order valence-electron chi connectivity index (χ1n) is 8.36. The van der Waals surface area contributed by atoms with Gasteiger partial charge in [-0.25, -0.2) is 4.79 Å². The minimum atomic E-state index is -0.423. The van der Waals surface area contributed by atoms with E-state index >= 15 is 0 Å². The molecule has 2 fully saturated rings. The number of carbonyl (C=O) groups is 2. The Morgan fingerprint density at radius 3 is 2.70 bits per heavy atom. The summed E-state index contributed by atoms with van der Waals surface area (Å²) in [6.07, 6.45) is 8.80. The zero-order chi connectivity index (χ0) is 16.8. The van der Waals surface area contributed by atoms with E-state index in [9.17, 15) is 9.59 Å². The lowest BCUT2D eigenvalue weighted by atomic mass is 9.81. The number of rotatable bonds is 4. The van der Waals surface area contributed by atoms with Crippen molar-refractivity contribution in [2.75, 3.05) is 25.9 Å². The fourth-order valence-corrected chi connectivity index (χ4v) is 4.98. The Kier molecular flexibility index (Phi) is 6.58. The van der Waals surface area contributed by atoms with Crippen LogP contribution in [0.1, 0.15) is 38.5 Å². The number of nitrogens with zero attached hydrogens (tertiary/aromatic N) is 3. The zero-order valence-corrected chi connectivity index (χ0v) is 14.6. The summed E-state index contributed by atoms with van der Waals surface area (Å²) in [6, 6.07) is -0.423. The summed E-state index contributed by atoms with van der Waals surface area (Å²) in [5.41, 5.74) is 5.41. The van der Waals surface area contributed by atoms with Crippen molar-refractivity contribution in [3.8, 4) is 6.19 Å². The summed E-state index contributed by atoms with van der Waals surface area (Å²) >= 11 is 1.73. The van der Waals surface area contributed by atoms with E-state index in [1.54, 1.807) is 16.7 Å². The lowest BCUT2D eigenvalue weighted by Crippen LogP contribution is -2.49. The van der Waals surface area contributed by atoms with Gasteiger partial charge in [-0.15, -0.1) is 0 Å². The average Bonchev–Trinajstić information content (AvgIpc) is 2.59. The highest BCUT2D eigenvalue weighted by Gasteiger charge is 2.36. The summed E-state index contributed by atoms with van der Waals surface area (Å²) < 4.78 is 0. The number of nitriles is 1. The summed E-state index contributed by atoms with van der Waals surface area (Å²) in [5, 5.41) is 9.09. The van der Waals surface area contributed by atoms with Crippen LogP contribution in [0.3, 0.4) is 0 Å². The normalized spacial score (nSPS) is 23.8. The van der Waals surface area contributed by atoms with Gasteiger partial charge in [-0.2, -0.15) is 17.0 Å². The lowest BCUT2D eigenvalue weighted by molar-refractivity contribution is -0.132. The first kappa shape index (κ1) is 17.9. The standard InChI is InChI=1S/C16H26N4O2S/c1-19(11-17)15(21)13(9-12-5-3-2-4-6-12)14-10-20(16(18)22)7-8-23-14/h12-14H,2-10H2,1H3,(H2,18,22)/t13-,14?/m1/s1. The molecule has 0 aromatic rings. The summed E-state index contributed by atoms with van der Waals surface area (Å²) in [7, 11) is 1.52. The van der Waals surface area contributed by atoms with Crippen molar-refractivity contribution in [1.29, 1.82) is 5.26 Å². The summed E-state index contributed by atoms with van der Waals surface area (Å²) in [4.78, 5) is 26.9. The van der Waals surface area contributed by atoms with E-state index in [-0.39, 0.29) is 17.1 Å². The summed E-state index contributed by atoms with van der Waals surface area (Å²) in [6.45, 7) is 1.14. The Morgan fingerprint density at radius 2 is 2.09 bits per heavy atom. The molecule has 1 unspecified atom stereocenters. The first-order chi connectivity index (χ1) is 11.0. The average molecular weight is 338 g/mol. The fraction of sp³-hybridized carbons (Fsp3) is 0.812. The van der Waals surface area contributed by atoms with Gasteiger partial charge >= 0.3 is 6.03 Å². The summed E-state index contributed by atoms with van der Waals surface area (Å²) in [5.74, 6) is 1.00. The molecule has 1 heterocycles. The molecule has 6 nitrogen and oxygen atoms in total. The minimum absolute atomic E-state index is 0.0291. The quantitative estimate of drug-likeness (QED) is 0.627. The third kappa shape index (κ3) is 4.77. The fourth-order valence-electron chi connectivity index (χ4n) is 3.61. The zero-order valence-electron chi connectivity index (χ0n) is 13.7. The van der Waals surface area contributed by atoms with E-state index < -0.39 is 6.03 Å². The third-order valence-corrected chi connectivity index (χ3v) is 6.29. The molecular formula is C16H26N4O2S. The Bertz CT molecular complexity index is 473. The van der Waals surface area contributed by atoms with Gasteiger partial charge in [0, 0.05) is 31.1 Å². The second kappa shape index (κ2) is 8.44. The molecule has 2 atom stereocenters. The first-order valence-corrected chi connectivity index (χ1v) is 9.41. The van der Waals surface area contributed by atoms with Crippen molar-refractivity contribution in [2.24, 2.45) is 17.6 Å². The van der Waals surface area contributed by atoms with Gasteiger partial charge in [-0.1, -0.05) is 32.1 Å². The van der Waals surface area contributed by atoms with Crippen LogP contribution < -0.4 is 5.73 Å². The Balaban J connectivity index is 2.09. The molecule has 2 N–H and O–H groups in total. The molecule has 23 heavy (non-hydrogen) atoms. The van der Waals surface area contributed by atoms with Crippen LogP contribution in [-0.4, -0.2) is 52.9 Å². The van der Waals surface area contributed by atoms with Gasteiger partial charge in [-0.3, -0.25) is 9.69 Å². The Hall–Kier alpha value is -1.42. The third-order valence-electron chi connectivity index (χ3n) is 4.96. The van der Waals surface area contributed by atoms with Crippen molar-refractivity contribution in [1.82, 2.24) is 9.80 Å². The molecule has 7 heteroatoms. The van der Waals surface area contributed by atoms with E-state index in [4.69, 9.17) is 11.0 Å². The molecule has 2 aliphatic rings. The molecule has 1 aliphatic heterocycles. The van der Waals surface area contributed by atoms with Crippen molar-refractivity contribution in [3.63, 3.8) is 0 Å². The maximum absolute atomic E-state index is 12.7. The predicted molar refractivity (Wildman–Crippen MR) is 90.5 cm³/mol. The number of primary amides is 1. The van der Waals surface area contributed by atoms with Crippen molar-refractivity contribution in [3.05, 3.63) is 0 Å². The van der Waals surface area contributed by atoms with E-state index in [2.05, 4.69) is 0 Å². The van der Waals surface area contributed by atoms with Crippen molar-refractivity contribution >= 4 is 23.7 Å². The van der Waals surface area contributed by atoms with Gasteiger partial charge in [-0.05, 0) is 12.3 Å². The van der Waals surface area contributed by atoms with Crippen LogP contribution in [0.5, 0.6) is 0 Å². The molecule has 1 aliphatic carbocycles. The molecule has 0 aromatic carbocycles. The number of urea groups is 1. The molecular weight excluding hydrogens is 312 g/mol. The molecule has 1 saturated carbocycles. The van der Waals surface area contributed by atoms with Gasteiger partial charge in [0.25, 0.3) is 0 Å². The molecule has 0 bridgehead atoms. The highest BCUT2D eigenvalue weighted by atomic mass is 32.2. The number of amides is 3. The molecule has 1 saturated heterocycles. The highest BCUT2D eigenvalue weighted by molar-refractivity contribution is 8.00. The van der Waals surface area contributed by atoms with Gasteiger partial charge in [0.2, 0.25) is 5.91 Å². The number of hydrogen-bond acceptors (Lipinski definition) is 4. The lowest BCUT2D eigenvalue weighted by Gasteiger charge is -2.37. The van der Waals surface area contributed by atoms with E-state index in [0.717, 1.165) is 29.9 Å². The highest BCUT2D eigenvalue weighted by Crippen LogP contribution is 2.35. The van der Waals surface area contributed by atoms with Gasteiger partial charge in [0.1, 0.15) is 0 Å². The largest absolute Gasteiger partial charge is 0.351 e. The van der Waals surface area contributed by atoms with Crippen LogP contribution >= 0.6 is 11.8 Å². The Morgan fingerprint density at radius 1 is 1.39 bits per heavy atom. The monoisotopic (exact) mass is 338 g/mol. The van der Waals surface area contributed by atoms with Gasteiger partial charge < -0.3 is 10.6 Å². The molecule has 0 radical (unpaired) electrons. The minimum Gasteiger partial charge on any atom is -0.351 e. The van der Waals surface area contributed by atoms with Crippen LogP contribution in [-0.2, 0) is 4.79 Å². The second-order valence-corrected chi connectivity index (χ2v) is 7.88. The molecule has 2 rings (SSSR count). The molecule has 3 amide bonds. The maximum Gasteiger partial charge on any atom is 0.314 e. The van der Waals surface area contributed by atoms with Crippen LogP contribution in [0.2, 0.25) is 0 Å². The molecule has 128 valence electrons. The topological polar surface area (TPSA) is 90.4 Å². The van der Waals surface area contributed by atoms with Crippen molar-refractivity contribution < 1.29 is 9.59 Å². The predicted octanol–water partition coefficient (Wildman–Crippen LogP) is 2.01. The van der Waals surface area contributed by atoms with Gasteiger partial charge in [0.05, 0.1) is 5.92 Å². The maximum atomic E-state index is 12.7. The number of hydrogen-bond donors (Lipinski definition) is 1. The van der Waals surface area contributed by atoms with E-state index in [1.807, 2.05) is 6.19 Å². The smallest absolute Gasteiger partial charge is 0.314 e.